The third-order valence-corrected chi connectivity index (χ3v) is 4.27. The molecule has 0 radical (unpaired) electrons. The van der Waals surface area contributed by atoms with Gasteiger partial charge in [-0.05, 0) is 42.9 Å². The minimum absolute atomic E-state index is 0.562. The number of H-pyrrole nitrogens is 1. The Morgan fingerprint density at radius 2 is 2.10 bits per heavy atom. The van der Waals surface area contributed by atoms with Gasteiger partial charge in [-0.2, -0.15) is 4.98 Å². The van der Waals surface area contributed by atoms with E-state index >= 15 is 0 Å². The van der Waals surface area contributed by atoms with E-state index in [0.29, 0.717) is 10.7 Å². The Kier molecular flexibility index (Phi) is 3.35. The minimum Gasteiger partial charge on any atom is -0.481 e. The molecule has 1 N–H and O–H groups in total. The first kappa shape index (κ1) is 13.3. The molecule has 0 unspecified atom stereocenters. The number of aromatic nitrogens is 3. The monoisotopic (exact) mass is 349 g/mol. The lowest BCUT2D eigenvalue weighted by atomic mass is 10.2. The van der Waals surface area contributed by atoms with E-state index in [1.165, 1.54) is 5.56 Å². The first-order valence-electron chi connectivity index (χ1n) is 6.02. The van der Waals surface area contributed by atoms with E-state index < -0.39 is 0 Å². The van der Waals surface area contributed by atoms with Gasteiger partial charge in [0.2, 0.25) is 5.88 Å². The molecule has 0 atom stereocenters. The van der Waals surface area contributed by atoms with Crippen molar-refractivity contribution in [2.75, 3.05) is 7.11 Å². The van der Waals surface area contributed by atoms with Crippen LogP contribution in [0.4, 0.5) is 0 Å². The van der Waals surface area contributed by atoms with E-state index in [9.17, 15) is 0 Å². The molecule has 6 heteroatoms. The number of ether oxygens (including phenoxy) is 1. The van der Waals surface area contributed by atoms with Gasteiger partial charge in [0.25, 0.3) is 0 Å². The molecule has 0 amide bonds. The number of imidazole rings is 1. The molecule has 2 aromatic heterocycles. The van der Waals surface area contributed by atoms with Gasteiger partial charge in [0.1, 0.15) is 0 Å². The lowest BCUT2D eigenvalue weighted by molar-refractivity contribution is 0.399. The Hall–Kier alpha value is -1.66. The highest BCUT2D eigenvalue weighted by Gasteiger charge is 2.10. The predicted molar refractivity (Wildman–Crippen MR) is 85.2 cm³/mol. The maximum absolute atomic E-state index is 5.40. The normalized spacial score (nSPS) is 10.9. The summed E-state index contributed by atoms with van der Waals surface area (Å²) in [5.41, 5.74) is 3.77. The average molecular weight is 350 g/mol. The molecule has 0 aliphatic carbocycles. The molecule has 3 aromatic rings. The number of hydrogen-bond acceptors (Lipinski definition) is 3. The molecule has 4 nitrogen and oxygen atoms in total. The molecule has 102 valence electrons. The quantitative estimate of drug-likeness (QED) is 0.706. The summed E-state index contributed by atoms with van der Waals surface area (Å²) in [6, 6.07) is 9.81. The van der Waals surface area contributed by atoms with Crippen LogP contribution >= 0.6 is 28.1 Å². The molecule has 3 rings (SSSR count). The zero-order valence-corrected chi connectivity index (χ0v) is 13.4. The maximum Gasteiger partial charge on any atom is 0.215 e. The van der Waals surface area contributed by atoms with Gasteiger partial charge in [-0.3, -0.25) is 4.57 Å². The van der Waals surface area contributed by atoms with Crippen LogP contribution in [0.3, 0.4) is 0 Å². The van der Waals surface area contributed by atoms with Crippen LogP contribution in [0.15, 0.2) is 34.8 Å². The molecule has 0 aliphatic rings. The van der Waals surface area contributed by atoms with Crippen LogP contribution in [-0.2, 0) is 0 Å². The van der Waals surface area contributed by atoms with Crippen LogP contribution in [0.2, 0.25) is 0 Å². The van der Waals surface area contributed by atoms with Crippen LogP contribution in [0.1, 0.15) is 5.56 Å². The second-order valence-corrected chi connectivity index (χ2v) is 5.66. The maximum atomic E-state index is 5.40. The number of fused-ring (bicyclic) bond motifs is 1. The van der Waals surface area contributed by atoms with E-state index in [4.69, 9.17) is 17.0 Å². The SMILES string of the molecule is COc1ccc2[nH]c(=S)n(-c3ccc(C)c(Br)c3)c2n1. The van der Waals surface area contributed by atoms with Gasteiger partial charge in [-0.15, -0.1) is 0 Å². The Balaban J connectivity index is 2.31. The average Bonchev–Trinajstić information content (AvgIpc) is 2.77. The molecule has 0 bridgehead atoms. The van der Waals surface area contributed by atoms with E-state index in [2.05, 4.69) is 25.9 Å². The number of benzene rings is 1. The highest BCUT2D eigenvalue weighted by Crippen LogP contribution is 2.24. The number of methoxy groups -OCH3 is 1. The third kappa shape index (κ3) is 2.14. The van der Waals surface area contributed by atoms with Crippen molar-refractivity contribution in [2.45, 2.75) is 6.92 Å². The summed E-state index contributed by atoms with van der Waals surface area (Å²) in [5.74, 6) is 0.562. The fraction of sp³-hybridized carbons (Fsp3) is 0.143. The highest BCUT2D eigenvalue weighted by atomic mass is 79.9. The first-order chi connectivity index (χ1) is 9.60. The molecule has 1 aromatic carbocycles. The fourth-order valence-corrected chi connectivity index (χ4v) is 2.71. The van der Waals surface area contributed by atoms with Crippen molar-refractivity contribution in [2.24, 2.45) is 0 Å². The first-order valence-corrected chi connectivity index (χ1v) is 7.22. The van der Waals surface area contributed by atoms with Crippen molar-refractivity contribution in [3.05, 3.63) is 45.1 Å². The van der Waals surface area contributed by atoms with Crippen LogP contribution in [-0.4, -0.2) is 21.6 Å². The number of aromatic amines is 1. The number of pyridine rings is 1. The molecular weight excluding hydrogens is 338 g/mol. The van der Waals surface area contributed by atoms with Gasteiger partial charge in [0.05, 0.1) is 18.3 Å². The number of rotatable bonds is 2. The van der Waals surface area contributed by atoms with Crippen molar-refractivity contribution >= 4 is 39.3 Å². The number of hydrogen-bond donors (Lipinski definition) is 1. The van der Waals surface area contributed by atoms with Crippen molar-refractivity contribution in [3.8, 4) is 11.6 Å². The van der Waals surface area contributed by atoms with E-state index in [0.717, 1.165) is 21.3 Å². The smallest absolute Gasteiger partial charge is 0.215 e. The number of nitrogens with zero attached hydrogens (tertiary/aromatic N) is 2. The second-order valence-electron chi connectivity index (χ2n) is 4.42. The Labute approximate surface area is 129 Å². The number of aryl methyl sites for hydroxylation is 1. The third-order valence-electron chi connectivity index (χ3n) is 3.13. The van der Waals surface area contributed by atoms with Crippen molar-refractivity contribution in [1.82, 2.24) is 14.5 Å². The Morgan fingerprint density at radius 1 is 1.30 bits per heavy atom. The Bertz CT molecular complexity index is 853. The van der Waals surface area contributed by atoms with Gasteiger partial charge in [-0.25, -0.2) is 0 Å². The second kappa shape index (κ2) is 5.03. The van der Waals surface area contributed by atoms with Gasteiger partial charge >= 0.3 is 0 Å². The predicted octanol–water partition coefficient (Wildman–Crippen LogP) is 4.16. The van der Waals surface area contributed by atoms with Crippen molar-refractivity contribution in [3.63, 3.8) is 0 Å². The fourth-order valence-electron chi connectivity index (χ4n) is 2.04. The molecule has 2 heterocycles. The standard InChI is InChI=1S/C14H12BrN3OS/c1-8-3-4-9(7-10(8)15)18-13-11(16-14(18)20)5-6-12(17-13)19-2/h3-7H,1-2H3,(H,16,20). The summed E-state index contributed by atoms with van der Waals surface area (Å²) in [6.07, 6.45) is 0. The van der Waals surface area contributed by atoms with E-state index in [-0.39, 0.29) is 0 Å². The summed E-state index contributed by atoms with van der Waals surface area (Å²) in [7, 11) is 1.60. The highest BCUT2D eigenvalue weighted by molar-refractivity contribution is 9.10. The Morgan fingerprint density at radius 3 is 2.80 bits per heavy atom. The number of halogens is 1. The molecule has 0 saturated heterocycles. The van der Waals surface area contributed by atoms with Gasteiger partial charge in [0.15, 0.2) is 10.4 Å². The van der Waals surface area contributed by atoms with E-state index in [1.807, 2.05) is 41.8 Å². The lowest BCUT2D eigenvalue weighted by Gasteiger charge is -2.07. The van der Waals surface area contributed by atoms with Crippen LogP contribution < -0.4 is 4.74 Å². The van der Waals surface area contributed by atoms with Crippen molar-refractivity contribution in [1.29, 1.82) is 0 Å². The van der Waals surface area contributed by atoms with Crippen LogP contribution in [0.5, 0.6) is 5.88 Å². The van der Waals surface area contributed by atoms with Crippen LogP contribution in [0, 0.1) is 11.7 Å². The molecule has 0 aliphatic heterocycles. The summed E-state index contributed by atoms with van der Waals surface area (Å²) in [6.45, 7) is 2.05. The topological polar surface area (TPSA) is 42.8 Å². The summed E-state index contributed by atoms with van der Waals surface area (Å²) in [5, 5.41) is 0. The molecule has 0 saturated carbocycles. The van der Waals surface area contributed by atoms with Gasteiger partial charge in [0, 0.05) is 10.5 Å². The van der Waals surface area contributed by atoms with Gasteiger partial charge < -0.3 is 9.72 Å². The zero-order chi connectivity index (χ0) is 14.3. The zero-order valence-electron chi connectivity index (χ0n) is 11.0. The van der Waals surface area contributed by atoms with Crippen LogP contribution in [0.25, 0.3) is 16.9 Å². The summed E-state index contributed by atoms with van der Waals surface area (Å²) < 4.78 is 8.73. The van der Waals surface area contributed by atoms with Gasteiger partial charge in [-0.1, -0.05) is 22.0 Å². The molecule has 0 fully saturated rings. The number of nitrogens with one attached hydrogen (secondary N) is 1. The van der Waals surface area contributed by atoms with Crippen molar-refractivity contribution < 1.29 is 4.74 Å². The molecular formula is C14H12BrN3OS. The lowest BCUT2D eigenvalue weighted by Crippen LogP contribution is -1.97. The summed E-state index contributed by atoms with van der Waals surface area (Å²) in [4.78, 5) is 7.63. The molecule has 20 heavy (non-hydrogen) atoms. The summed E-state index contributed by atoms with van der Waals surface area (Å²) >= 11 is 8.95. The largest absolute Gasteiger partial charge is 0.481 e. The molecule has 0 spiro atoms. The van der Waals surface area contributed by atoms with E-state index in [1.54, 1.807) is 7.11 Å². The minimum atomic E-state index is 0.562.